The van der Waals surface area contributed by atoms with Gasteiger partial charge < -0.3 is 4.90 Å². The molecule has 2 atom stereocenters. The summed E-state index contributed by atoms with van der Waals surface area (Å²) in [7, 11) is 0. The monoisotopic (exact) mass is 434 g/mol. The second kappa shape index (κ2) is 12.2. The summed E-state index contributed by atoms with van der Waals surface area (Å²) in [6.45, 7) is 6.57. The lowest BCUT2D eigenvalue weighted by molar-refractivity contribution is 0.165. The van der Waals surface area contributed by atoms with Crippen LogP contribution in [0.15, 0.2) is 54.6 Å². The van der Waals surface area contributed by atoms with E-state index in [9.17, 15) is 9.65 Å². The molecule has 1 aliphatic carbocycles. The molecule has 2 aromatic carbocycles. The van der Waals surface area contributed by atoms with Crippen molar-refractivity contribution in [1.82, 2.24) is 4.90 Å². The van der Waals surface area contributed by atoms with E-state index >= 15 is 0 Å². The van der Waals surface area contributed by atoms with Crippen LogP contribution < -0.4 is 0 Å². The minimum Gasteiger partial charge on any atom is -0.300 e. The zero-order chi connectivity index (χ0) is 22.8. The van der Waals surface area contributed by atoms with Crippen LogP contribution >= 0.6 is 0 Å². The molecule has 2 nitrogen and oxygen atoms in total. The van der Waals surface area contributed by atoms with Gasteiger partial charge in [-0.25, -0.2) is 4.39 Å². The van der Waals surface area contributed by atoms with E-state index in [4.69, 9.17) is 0 Å². The van der Waals surface area contributed by atoms with E-state index in [1.165, 1.54) is 37.0 Å². The first-order chi connectivity index (χ1) is 15.6. The van der Waals surface area contributed by atoms with Crippen LogP contribution in [-0.4, -0.2) is 24.0 Å². The maximum absolute atomic E-state index is 13.7. The average Bonchev–Trinajstić information content (AvgIpc) is 2.85. The predicted molar refractivity (Wildman–Crippen MR) is 131 cm³/mol. The van der Waals surface area contributed by atoms with Gasteiger partial charge in [-0.2, -0.15) is 5.26 Å². The molecule has 3 heteroatoms. The van der Waals surface area contributed by atoms with Crippen molar-refractivity contribution in [3.05, 3.63) is 71.5 Å². The molecule has 32 heavy (non-hydrogen) atoms. The fourth-order valence-corrected chi connectivity index (χ4v) is 5.69. The number of nitriles is 1. The van der Waals surface area contributed by atoms with Gasteiger partial charge in [0.15, 0.2) is 0 Å². The van der Waals surface area contributed by atoms with Crippen molar-refractivity contribution in [1.29, 1.82) is 5.26 Å². The van der Waals surface area contributed by atoms with E-state index in [0.29, 0.717) is 12.0 Å². The van der Waals surface area contributed by atoms with E-state index < -0.39 is 5.41 Å². The van der Waals surface area contributed by atoms with E-state index in [1.807, 2.05) is 12.1 Å². The SMILES string of the molecule is CCC(CCC(C#N)(c1ccc(F)cc1)C1CCCCC1)N(CC)CCc1ccccc1. The largest absolute Gasteiger partial charge is 0.300 e. The van der Waals surface area contributed by atoms with Crippen LogP contribution in [0.4, 0.5) is 4.39 Å². The Morgan fingerprint density at radius 3 is 2.31 bits per heavy atom. The molecule has 2 unspecified atom stereocenters. The number of halogens is 1. The van der Waals surface area contributed by atoms with E-state index in [0.717, 1.165) is 57.2 Å². The zero-order valence-corrected chi connectivity index (χ0v) is 19.9. The van der Waals surface area contributed by atoms with Crippen LogP contribution in [0.2, 0.25) is 0 Å². The van der Waals surface area contributed by atoms with Gasteiger partial charge in [0.25, 0.3) is 0 Å². The van der Waals surface area contributed by atoms with Crippen LogP contribution in [0.3, 0.4) is 0 Å². The molecule has 0 N–H and O–H groups in total. The van der Waals surface area contributed by atoms with Crippen LogP contribution in [0, 0.1) is 23.1 Å². The fourth-order valence-electron chi connectivity index (χ4n) is 5.69. The molecule has 172 valence electrons. The number of rotatable bonds is 11. The smallest absolute Gasteiger partial charge is 0.123 e. The van der Waals surface area contributed by atoms with Crippen molar-refractivity contribution in [2.75, 3.05) is 13.1 Å². The summed E-state index contributed by atoms with van der Waals surface area (Å²) in [6.07, 6.45) is 9.85. The highest BCUT2D eigenvalue weighted by atomic mass is 19.1. The van der Waals surface area contributed by atoms with Gasteiger partial charge in [-0.3, -0.25) is 0 Å². The van der Waals surface area contributed by atoms with Crippen molar-refractivity contribution in [2.24, 2.45) is 5.92 Å². The van der Waals surface area contributed by atoms with Crippen molar-refractivity contribution in [2.45, 2.75) is 83.1 Å². The standard InChI is InChI=1S/C29H39FN2/c1-3-28(32(4-2)22-20-24-11-7-5-8-12-24)19-21-29(23-31,25-13-9-6-10-14-25)26-15-17-27(30)18-16-26/h5,7-8,11-12,15-18,25,28H,3-4,6,9-10,13-14,19-22H2,1-2H3. The van der Waals surface area contributed by atoms with Gasteiger partial charge in [0.2, 0.25) is 0 Å². The molecule has 0 bridgehead atoms. The molecule has 0 heterocycles. The summed E-state index contributed by atoms with van der Waals surface area (Å²) in [4.78, 5) is 2.58. The molecule has 2 aromatic rings. The molecule has 3 rings (SSSR count). The summed E-state index contributed by atoms with van der Waals surface area (Å²) in [5, 5.41) is 10.5. The summed E-state index contributed by atoms with van der Waals surface area (Å²) in [5.74, 6) is 0.136. The highest BCUT2D eigenvalue weighted by Gasteiger charge is 2.41. The molecule has 1 fully saturated rings. The lowest BCUT2D eigenvalue weighted by Crippen LogP contribution is -2.40. The van der Waals surface area contributed by atoms with Crippen LogP contribution in [0.5, 0.6) is 0 Å². The van der Waals surface area contributed by atoms with Crippen LogP contribution in [0.25, 0.3) is 0 Å². The number of benzene rings is 2. The summed E-state index contributed by atoms with van der Waals surface area (Å²) in [6, 6.07) is 20.7. The third kappa shape index (κ3) is 5.99. The van der Waals surface area contributed by atoms with Gasteiger partial charge in [0, 0.05) is 12.6 Å². The Labute approximate surface area is 194 Å². The molecular formula is C29H39FN2. The van der Waals surface area contributed by atoms with Gasteiger partial charge >= 0.3 is 0 Å². The molecule has 0 spiro atoms. The zero-order valence-electron chi connectivity index (χ0n) is 19.9. The molecule has 1 aliphatic rings. The third-order valence-electron chi connectivity index (χ3n) is 7.66. The maximum Gasteiger partial charge on any atom is 0.123 e. The maximum atomic E-state index is 13.7. The Balaban J connectivity index is 1.76. The number of hydrogen-bond acceptors (Lipinski definition) is 2. The quantitative estimate of drug-likeness (QED) is 0.371. The van der Waals surface area contributed by atoms with Crippen LogP contribution in [0.1, 0.15) is 76.3 Å². The summed E-state index contributed by atoms with van der Waals surface area (Å²) >= 11 is 0. The molecule has 0 amide bonds. The first-order valence-corrected chi connectivity index (χ1v) is 12.6. The van der Waals surface area contributed by atoms with E-state index in [2.05, 4.69) is 55.1 Å². The third-order valence-corrected chi connectivity index (χ3v) is 7.66. The van der Waals surface area contributed by atoms with Crippen molar-refractivity contribution < 1.29 is 4.39 Å². The minimum absolute atomic E-state index is 0.228. The summed E-state index contributed by atoms with van der Waals surface area (Å²) in [5.41, 5.74) is 1.87. The fraction of sp³-hybridized carbons (Fsp3) is 0.552. The van der Waals surface area contributed by atoms with Gasteiger partial charge in [-0.15, -0.1) is 0 Å². The van der Waals surface area contributed by atoms with Crippen molar-refractivity contribution >= 4 is 0 Å². The highest BCUT2D eigenvalue weighted by Crippen LogP contribution is 2.44. The minimum atomic E-state index is -0.514. The first-order valence-electron chi connectivity index (χ1n) is 12.6. The van der Waals surface area contributed by atoms with E-state index in [-0.39, 0.29) is 5.82 Å². The Morgan fingerprint density at radius 2 is 1.72 bits per heavy atom. The molecule has 0 aromatic heterocycles. The topological polar surface area (TPSA) is 27.0 Å². The van der Waals surface area contributed by atoms with Crippen molar-refractivity contribution in [3.8, 4) is 6.07 Å². The van der Waals surface area contributed by atoms with Gasteiger partial charge in [-0.1, -0.05) is 75.6 Å². The lowest BCUT2D eigenvalue weighted by Gasteiger charge is -2.40. The number of nitrogens with zero attached hydrogens (tertiary/aromatic N) is 2. The first kappa shape index (κ1) is 24.5. The molecule has 0 saturated heterocycles. The Kier molecular flexibility index (Phi) is 9.30. The normalized spacial score (nSPS) is 17.6. The molecule has 1 saturated carbocycles. The Bertz CT molecular complexity index is 836. The van der Waals surface area contributed by atoms with E-state index in [1.54, 1.807) is 0 Å². The highest BCUT2D eigenvalue weighted by molar-refractivity contribution is 5.34. The van der Waals surface area contributed by atoms with Gasteiger partial charge in [0.1, 0.15) is 5.82 Å². The predicted octanol–water partition coefficient (Wildman–Crippen LogP) is 7.29. The molecular weight excluding hydrogens is 395 g/mol. The number of hydrogen-bond donors (Lipinski definition) is 0. The van der Waals surface area contributed by atoms with Crippen LogP contribution in [-0.2, 0) is 11.8 Å². The average molecular weight is 435 g/mol. The Morgan fingerprint density at radius 1 is 1.03 bits per heavy atom. The lowest BCUT2D eigenvalue weighted by atomic mass is 9.63. The van der Waals surface area contributed by atoms with Crippen molar-refractivity contribution in [3.63, 3.8) is 0 Å². The Hall–Kier alpha value is -2.18. The molecule has 0 aliphatic heterocycles. The van der Waals surface area contributed by atoms with Gasteiger partial charge in [0.05, 0.1) is 11.5 Å². The molecule has 0 radical (unpaired) electrons. The van der Waals surface area contributed by atoms with Gasteiger partial charge in [-0.05, 0) is 74.2 Å². The second-order valence-corrected chi connectivity index (χ2v) is 9.39. The second-order valence-electron chi connectivity index (χ2n) is 9.39. The summed E-state index contributed by atoms with van der Waals surface area (Å²) < 4.78 is 13.7. The number of likely N-dealkylation sites (N-methyl/N-ethyl adjacent to an activating group) is 1.